The van der Waals surface area contributed by atoms with Gasteiger partial charge in [-0.2, -0.15) is 0 Å². The quantitative estimate of drug-likeness (QED) is 0.865. The van der Waals surface area contributed by atoms with Crippen molar-refractivity contribution in [3.63, 3.8) is 0 Å². The molecule has 0 spiro atoms. The fourth-order valence-corrected chi connectivity index (χ4v) is 2.95. The van der Waals surface area contributed by atoms with Crippen LogP contribution >= 0.6 is 0 Å². The van der Waals surface area contributed by atoms with Crippen LogP contribution in [0.4, 0.5) is 0 Å². The molecule has 3 unspecified atom stereocenters. The Hall–Kier alpha value is -1.35. The lowest BCUT2D eigenvalue weighted by Gasteiger charge is -2.22. The summed E-state index contributed by atoms with van der Waals surface area (Å²) in [5.74, 6) is 0.226. The Kier molecular flexibility index (Phi) is 2.49. The van der Waals surface area contributed by atoms with Crippen LogP contribution in [0.5, 0.6) is 0 Å². The molecule has 96 valence electrons. The van der Waals surface area contributed by atoms with E-state index in [9.17, 15) is 4.79 Å². The fraction of sp³-hybridized carbons (Fsp3) is 0.533. The molecule has 2 aliphatic rings. The predicted octanol–water partition coefficient (Wildman–Crippen LogP) is 2.30. The minimum Gasteiger partial charge on any atom is -0.322 e. The number of rotatable bonds is 2. The Morgan fingerprint density at radius 3 is 2.44 bits per heavy atom. The molecule has 1 saturated heterocycles. The van der Waals surface area contributed by atoms with Crippen molar-refractivity contribution in [2.45, 2.75) is 45.4 Å². The van der Waals surface area contributed by atoms with Crippen molar-refractivity contribution in [2.75, 3.05) is 0 Å². The molecule has 3 rings (SSSR count). The van der Waals surface area contributed by atoms with Crippen LogP contribution in [0.1, 0.15) is 38.8 Å². The number of amides is 1. The van der Waals surface area contributed by atoms with Crippen LogP contribution < -0.4 is 5.32 Å². The highest BCUT2D eigenvalue weighted by Crippen LogP contribution is 2.50. The first-order chi connectivity index (χ1) is 8.50. The van der Waals surface area contributed by atoms with Crippen molar-refractivity contribution in [3.8, 4) is 0 Å². The SMILES string of the molecule is CC1NC(c2ccccc2)C(=O)N1C1CC1(C)C. The molecule has 1 amide bonds. The molecule has 3 heteroatoms. The molecular formula is C15H20N2O. The first-order valence-corrected chi connectivity index (χ1v) is 6.64. The molecule has 0 aromatic heterocycles. The van der Waals surface area contributed by atoms with Gasteiger partial charge in [-0.3, -0.25) is 10.1 Å². The normalized spacial score (nSPS) is 33.8. The number of carbonyl (C=O) groups is 1. The van der Waals surface area contributed by atoms with Crippen LogP contribution in [0, 0.1) is 5.41 Å². The van der Waals surface area contributed by atoms with Crippen molar-refractivity contribution in [1.82, 2.24) is 10.2 Å². The molecule has 3 atom stereocenters. The van der Waals surface area contributed by atoms with Crippen LogP contribution in [0.2, 0.25) is 0 Å². The van der Waals surface area contributed by atoms with Gasteiger partial charge in [0.25, 0.3) is 0 Å². The third kappa shape index (κ3) is 1.74. The molecule has 0 bridgehead atoms. The van der Waals surface area contributed by atoms with Crippen molar-refractivity contribution in [1.29, 1.82) is 0 Å². The highest BCUT2D eigenvalue weighted by atomic mass is 16.2. The maximum atomic E-state index is 12.5. The molecule has 0 radical (unpaired) electrons. The van der Waals surface area contributed by atoms with Gasteiger partial charge in [0.2, 0.25) is 5.91 Å². The molecular weight excluding hydrogens is 224 g/mol. The van der Waals surface area contributed by atoms with Crippen molar-refractivity contribution in [2.24, 2.45) is 5.41 Å². The summed E-state index contributed by atoms with van der Waals surface area (Å²) in [6.07, 6.45) is 1.25. The van der Waals surface area contributed by atoms with Gasteiger partial charge < -0.3 is 4.90 Å². The van der Waals surface area contributed by atoms with E-state index in [0.29, 0.717) is 6.04 Å². The van der Waals surface area contributed by atoms with Crippen LogP contribution in [-0.2, 0) is 4.79 Å². The van der Waals surface area contributed by atoms with E-state index in [1.807, 2.05) is 35.2 Å². The molecule has 2 fully saturated rings. The summed E-state index contributed by atoms with van der Waals surface area (Å²) in [5, 5.41) is 3.41. The predicted molar refractivity (Wildman–Crippen MR) is 70.8 cm³/mol. The standard InChI is InChI=1S/C15H20N2O/c1-10-16-13(11-7-5-4-6-8-11)14(18)17(10)12-9-15(12,2)3/h4-8,10,12-13,16H,9H2,1-3H3. The molecule has 18 heavy (non-hydrogen) atoms. The first-order valence-electron chi connectivity index (χ1n) is 6.64. The van der Waals surface area contributed by atoms with Gasteiger partial charge in [0, 0.05) is 6.04 Å². The summed E-state index contributed by atoms with van der Waals surface area (Å²) in [4.78, 5) is 14.6. The third-order valence-electron chi connectivity index (χ3n) is 4.26. The van der Waals surface area contributed by atoms with Crippen LogP contribution in [0.3, 0.4) is 0 Å². The molecule has 1 aliphatic heterocycles. The van der Waals surface area contributed by atoms with Gasteiger partial charge >= 0.3 is 0 Å². The van der Waals surface area contributed by atoms with Crippen molar-refractivity contribution in [3.05, 3.63) is 35.9 Å². The maximum absolute atomic E-state index is 12.5. The average Bonchev–Trinajstić information content (AvgIpc) is 2.84. The van der Waals surface area contributed by atoms with Crippen LogP contribution in [0.15, 0.2) is 30.3 Å². The summed E-state index contributed by atoms with van der Waals surface area (Å²) in [6.45, 7) is 6.54. The number of nitrogens with zero attached hydrogens (tertiary/aromatic N) is 1. The number of nitrogens with one attached hydrogen (secondary N) is 1. The average molecular weight is 244 g/mol. The number of hydrogen-bond donors (Lipinski definition) is 1. The second kappa shape index (κ2) is 3.82. The highest BCUT2D eigenvalue weighted by Gasteiger charge is 2.55. The zero-order chi connectivity index (χ0) is 12.9. The summed E-state index contributed by atoms with van der Waals surface area (Å²) >= 11 is 0. The lowest BCUT2D eigenvalue weighted by Crippen LogP contribution is -2.38. The van der Waals surface area contributed by atoms with E-state index in [-0.39, 0.29) is 23.5 Å². The van der Waals surface area contributed by atoms with E-state index >= 15 is 0 Å². The number of carbonyl (C=O) groups excluding carboxylic acids is 1. The molecule has 1 saturated carbocycles. The lowest BCUT2D eigenvalue weighted by molar-refractivity contribution is -0.130. The Morgan fingerprint density at radius 2 is 1.89 bits per heavy atom. The third-order valence-corrected chi connectivity index (χ3v) is 4.26. The largest absolute Gasteiger partial charge is 0.322 e. The van der Waals surface area contributed by atoms with Gasteiger partial charge in [-0.25, -0.2) is 0 Å². The Bertz CT molecular complexity index is 469. The van der Waals surface area contributed by atoms with Crippen molar-refractivity contribution >= 4 is 5.91 Å². The topological polar surface area (TPSA) is 32.3 Å². The Balaban J connectivity index is 1.83. The van der Waals surface area contributed by atoms with Gasteiger partial charge in [0.05, 0.1) is 6.17 Å². The van der Waals surface area contributed by atoms with E-state index in [1.165, 1.54) is 0 Å². The zero-order valence-corrected chi connectivity index (χ0v) is 11.2. The second-order valence-corrected chi connectivity index (χ2v) is 6.14. The Morgan fingerprint density at radius 1 is 1.28 bits per heavy atom. The van der Waals surface area contributed by atoms with E-state index in [2.05, 4.69) is 26.1 Å². The number of hydrogen-bond acceptors (Lipinski definition) is 2. The monoisotopic (exact) mass is 244 g/mol. The maximum Gasteiger partial charge on any atom is 0.245 e. The van der Waals surface area contributed by atoms with E-state index in [4.69, 9.17) is 0 Å². The summed E-state index contributed by atoms with van der Waals surface area (Å²) in [5.41, 5.74) is 1.35. The van der Waals surface area contributed by atoms with Gasteiger partial charge in [-0.05, 0) is 24.3 Å². The molecule has 1 heterocycles. The zero-order valence-electron chi connectivity index (χ0n) is 11.2. The summed E-state index contributed by atoms with van der Waals surface area (Å²) < 4.78 is 0. The van der Waals surface area contributed by atoms with E-state index in [0.717, 1.165) is 12.0 Å². The highest BCUT2D eigenvalue weighted by molar-refractivity contribution is 5.86. The van der Waals surface area contributed by atoms with Crippen molar-refractivity contribution < 1.29 is 4.79 Å². The van der Waals surface area contributed by atoms with Gasteiger partial charge in [-0.15, -0.1) is 0 Å². The minimum absolute atomic E-state index is 0.134. The second-order valence-electron chi connectivity index (χ2n) is 6.14. The van der Waals surface area contributed by atoms with E-state index in [1.54, 1.807) is 0 Å². The van der Waals surface area contributed by atoms with Crippen LogP contribution in [-0.4, -0.2) is 23.0 Å². The summed E-state index contributed by atoms with van der Waals surface area (Å²) in [7, 11) is 0. The fourth-order valence-electron chi connectivity index (χ4n) is 2.95. The molecule has 3 nitrogen and oxygen atoms in total. The summed E-state index contributed by atoms with van der Waals surface area (Å²) in [6, 6.07) is 10.2. The number of benzene rings is 1. The van der Waals surface area contributed by atoms with Crippen LogP contribution in [0.25, 0.3) is 0 Å². The minimum atomic E-state index is -0.169. The van der Waals surface area contributed by atoms with Gasteiger partial charge in [0.15, 0.2) is 0 Å². The molecule has 1 aromatic rings. The first kappa shape index (κ1) is 11.7. The van der Waals surface area contributed by atoms with E-state index < -0.39 is 0 Å². The van der Waals surface area contributed by atoms with Gasteiger partial charge in [0.1, 0.15) is 6.04 Å². The molecule has 1 N–H and O–H groups in total. The lowest BCUT2D eigenvalue weighted by atomic mass is 10.1. The molecule has 1 aliphatic carbocycles. The Labute approximate surface area is 108 Å². The smallest absolute Gasteiger partial charge is 0.245 e. The molecule has 1 aromatic carbocycles. The van der Waals surface area contributed by atoms with Gasteiger partial charge in [-0.1, -0.05) is 44.2 Å².